The molecule has 0 saturated carbocycles. The molecule has 0 aliphatic carbocycles. The van der Waals surface area contributed by atoms with E-state index in [0.717, 1.165) is 11.0 Å². The second kappa shape index (κ2) is 4.95. The maximum Gasteiger partial charge on any atom is 0.0764 e. The molecule has 0 aromatic carbocycles. The highest BCUT2D eigenvalue weighted by molar-refractivity contribution is 14.1. The van der Waals surface area contributed by atoms with Gasteiger partial charge in [0, 0.05) is 28.8 Å². The second-order valence-electron chi connectivity index (χ2n) is 3.50. The molecule has 3 nitrogen and oxygen atoms in total. The van der Waals surface area contributed by atoms with Crippen LogP contribution in [-0.4, -0.2) is 28.2 Å². The minimum Gasteiger partial charge on any atom is -0.300 e. The van der Waals surface area contributed by atoms with Crippen LogP contribution in [0.1, 0.15) is 25.1 Å². The molecule has 0 atom stereocenters. The molecular weight excluding hydrogens is 277 g/mol. The van der Waals surface area contributed by atoms with Crippen LogP contribution in [0, 0.1) is 0 Å². The first-order chi connectivity index (χ1) is 6.15. The molecule has 1 N–H and O–H groups in total. The van der Waals surface area contributed by atoms with Crippen LogP contribution in [-0.2, 0) is 11.0 Å². The lowest BCUT2D eigenvalue weighted by Gasteiger charge is -2.20. The van der Waals surface area contributed by atoms with Crippen LogP contribution in [0.4, 0.5) is 0 Å². The molecule has 1 aromatic heterocycles. The molecule has 0 unspecified atom stereocenters. The molecular formula is C9H16IN3. The fraction of sp³-hybridized carbons (Fsp3) is 0.667. The van der Waals surface area contributed by atoms with Gasteiger partial charge in [-0.1, -0.05) is 22.6 Å². The van der Waals surface area contributed by atoms with E-state index in [4.69, 9.17) is 0 Å². The Hall–Kier alpha value is -0.100. The van der Waals surface area contributed by atoms with Crippen LogP contribution in [0.2, 0.25) is 0 Å². The van der Waals surface area contributed by atoms with Gasteiger partial charge < -0.3 is 0 Å². The summed E-state index contributed by atoms with van der Waals surface area (Å²) >= 11 is 2.34. The predicted octanol–water partition coefficient (Wildman–Crippen LogP) is 2.18. The first kappa shape index (κ1) is 11.0. The third-order valence-electron chi connectivity index (χ3n) is 2.24. The van der Waals surface area contributed by atoms with E-state index in [0.29, 0.717) is 6.04 Å². The standard InChI is InChI=1S/C9H16IN3/c1-7(2)13(3)6-8-5-11-12-9(8)4-10/h5,7H,4,6H2,1-3H3,(H,11,12). The molecule has 0 amide bonds. The first-order valence-corrected chi connectivity index (χ1v) is 5.95. The number of hydrogen-bond donors (Lipinski definition) is 1. The number of alkyl halides is 1. The Kier molecular flexibility index (Phi) is 4.18. The molecule has 4 heteroatoms. The molecule has 1 heterocycles. The summed E-state index contributed by atoms with van der Waals surface area (Å²) in [4.78, 5) is 2.31. The van der Waals surface area contributed by atoms with Gasteiger partial charge in [0.05, 0.1) is 5.69 Å². The highest BCUT2D eigenvalue weighted by Gasteiger charge is 2.09. The van der Waals surface area contributed by atoms with Crippen LogP contribution in [0.25, 0.3) is 0 Å². The van der Waals surface area contributed by atoms with E-state index < -0.39 is 0 Å². The number of nitrogens with zero attached hydrogens (tertiary/aromatic N) is 2. The molecule has 1 rings (SSSR count). The summed E-state index contributed by atoms with van der Waals surface area (Å²) in [6.07, 6.45) is 1.99. The number of H-pyrrole nitrogens is 1. The lowest BCUT2D eigenvalue weighted by atomic mass is 10.2. The van der Waals surface area contributed by atoms with Crippen molar-refractivity contribution < 1.29 is 0 Å². The van der Waals surface area contributed by atoms with Crippen LogP contribution in [0.5, 0.6) is 0 Å². The third-order valence-corrected chi connectivity index (χ3v) is 2.96. The van der Waals surface area contributed by atoms with Crippen LogP contribution in [0.15, 0.2) is 6.20 Å². The van der Waals surface area contributed by atoms with E-state index in [2.05, 4.69) is 58.6 Å². The zero-order valence-corrected chi connectivity index (χ0v) is 10.5. The maximum atomic E-state index is 4.19. The summed E-state index contributed by atoms with van der Waals surface area (Å²) < 4.78 is 0.975. The predicted molar refractivity (Wildman–Crippen MR) is 62.9 cm³/mol. The van der Waals surface area contributed by atoms with Gasteiger partial charge in [0.2, 0.25) is 0 Å². The molecule has 74 valence electrons. The second-order valence-corrected chi connectivity index (χ2v) is 4.26. The van der Waals surface area contributed by atoms with Gasteiger partial charge in [0.1, 0.15) is 0 Å². The number of aromatic amines is 1. The van der Waals surface area contributed by atoms with Gasteiger partial charge in [-0.25, -0.2) is 0 Å². The van der Waals surface area contributed by atoms with Gasteiger partial charge >= 0.3 is 0 Å². The smallest absolute Gasteiger partial charge is 0.0764 e. The number of aromatic nitrogens is 2. The zero-order valence-electron chi connectivity index (χ0n) is 8.34. The van der Waals surface area contributed by atoms with Gasteiger partial charge in [-0.3, -0.25) is 10.00 Å². The number of halogens is 1. The molecule has 0 bridgehead atoms. The lowest BCUT2D eigenvalue weighted by molar-refractivity contribution is 0.265. The highest BCUT2D eigenvalue weighted by Crippen LogP contribution is 2.12. The largest absolute Gasteiger partial charge is 0.300 e. The molecule has 13 heavy (non-hydrogen) atoms. The average Bonchev–Trinajstić information content (AvgIpc) is 2.51. The molecule has 0 spiro atoms. The van der Waals surface area contributed by atoms with Crippen molar-refractivity contribution in [1.82, 2.24) is 15.1 Å². The molecule has 0 fully saturated rings. The summed E-state index contributed by atoms with van der Waals surface area (Å²) in [6, 6.07) is 0.581. The monoisotopic (exact) mass is 293 g/mol. The fourth-order valence-electron chi connectivity index (χ4n) is 1.05. The highest BCUT2D eigenvalue weighted by atomic mass is 127. The van der Waals surface area contributed by atoms with Crippen molar-refractivity contribution in [3.8, 4) is 0 Å². The van der Waals surface area contributed by atoms with Crippen molar-refractivity contribution in [3.05, 3.63) is 17.5 Å². The number of hydrogen-bond acceptors (Lipinski definition) is 2. The zero-order chi connectivity index (χ0) is 9.84. The summed E-state index contributed by atoms with van der Waals surface area (Å²) in [5.41, 5.74) is 2.48. The Labute approximate surface area is 93.0 Å². The lowest BCUT2D eigenvalue weighted by Crippen LogP contribution is -2.25. The van der Waals surface area contributed by atoms with Crippen LogP contribution < -0.4 is 0 Å². The maximum absolute atomic E-state index is 4.19. The minimum absolute atomic E-state index is 0.581. The van der Waals surface area contributed by atoms with Gasteiger partial charge in [0.25, 0.3) is 0 Å². The van der Waals surface area contributed by atoms with E-state index >= 15 is 0 Å². The Morgan fingerprint density at radius 2 is 2.31 bits per heavy atom. The molecule has 0 saturated heterocycles. The SMILES string of the molecule is CC(C)N(C)Cc1c[nH]nc1CI. The number of nitrogens with one attached hydrogen (secondary N) is 1. The van der Waals surface area contributed by atoms with Crippen molar-refractivity contribution in [2.24, 2.45) is 0 Å². The summed E-state index contributed by atoms with van der Waals surface area (Å²) in [5.74, 6) is 0. The van der Waals surface area contributed by atoms with Crippen molar-refractivity contribution >= 4 is 22.6 Å². The summed E-state index contributed by atoms with van der Waals surface area (Å²) in [7, 11) is 2.13. The van der Waals surface area contributed by atoms with Gasteiger partial charge in [-0.15, -0.1) is 0 Å². The average molecular weight is 293 g/mol. The van der Waals surface area contributed by atoms with E-state index in [-0.39, 0.29) is 0 Å². The van der Waals surface area contributed by atoms with Gasteiger partial charge in [-0.2, -0.15) is 5.10 Å². The third kappa shape index (κ3) is 2.95. The van der Waals surface area contributed by atoms with Gasteiger partial charge in [0.15, 0.2) is 0 Å². The van der Waals surface area contributed by atoms with E-state index in [1.165, 1.54) is 11.3 Å². The normalized spacial score (nSPS) is 11.5. The van der Waals surface area contributed by atoms with Crippen molar-refractivity contribution in [2.75, 3.05) is 7.05 Å². The molecule has 0 radical (unpaired) electrons. The Morgan fingerprint density at radius 3 is 2.85 bits per heavy atom. The topological polar surface area (TPSA) is 31.9 Å². The van der Waals surface area contributed by atoms with E-state index in [1.54, 1.807) is 0 Å². The number of rotatable bonds is 4. The molecule has 0 aliphatic rings. The van der Waals surface area contributed by atoms with E-state index in [9.17, 15) is 0 Å². The first-order valence-electron chi connectivity index (χ1n) is 4.43. The van der Waals surface area contributed by atoms with Crippen molar-refractivity contribution in [2.45, 2.75) is 30.9 Å². The Morgan fingerprint density at radius 1 is 1.62 bits per heavy atom. The van der Waals surface area contributed by atoms with E-state index in [1.807, 2.05) is 6.20 Å². The van der Waals surface area contributed by atoms with Crippen molar-refractivity contribution in [3.63, 3.8) is 0 Å². The molecule has 1 aromatic rings. The molecule has 0 aliphatic heterocycles. The van der Waals surface area contributed by atoms with Gasteiger partial charge in [-0.05, 0) is 20.9 Å². The minimum atomic E-state index is 0.581. The summed E-state index contributed by atoms with van der Waals surface area (Å²) in [6.45, 7) is 5.38. The van der Waals surface area contributed by atoms with Crippen molar-refractivity contribution in [1.29, 1.82) is 0 Å². The Balaban J connectivity index is 2.62. The summed E-state index contributed by atoms with van der Waals surface area (Å²) in [5, 5.41) is 7.10. The van der Waals surface area contributed by atoms with Crippen LogP contribution in [0.3, 0.4) is 0 Å². The fourth-order valence-corrected chi connectivity index (χ4v) is 1.71. The Bertz CT molecular complexity index is 257. The quantitative estimate of drug-likeness (QED) is 0.681. The van der Waals surface area contributed by atoms with Crippen LogP contribution >= 0.6 is 22.6 Å².